The van der Waals surface area contributed by atoms with Gasteiger partial charge >= 0.3 is 0 Å². The molecular formula is C15H22F2N2. The second-order valence-corrected chi connectivity index (χ2v) is 5.79. The Bertz CT molecular complexity index is 400. The highest BCUT2D eigenvalue weighted by Crippen LogP contribution is 2.14. The predicted octanol–water partition coefficient (Wildman–Crippen LogP) is 2.78. The molecule has 2 nitrogen and oxygen atoms in total. The van der Waals surface area contributed by atoms with Gasteiger partial charge in [0, 0.05) is 38.3 Å². The standard InChI is InChI=1S/C15H22F2N2/c1-11(2)5-15-10-19(4-3-18-15)9-12-6-13(16)8-14(17)7-12/h6-8,11,15,18H,3-5,9-10H2,1-2H3. The van der Waals surface area contributed by atoms with Crippen molar-refractivity contribution >= 4 is 0 Å². The molecular weight excluding hydrogens is 246 g/mol. The lowest BCUT2D eigenvalue weighted by Crippen LogP contribution is -2.50. The minimum absolute atomic E-state index is 0.479. The zero-order chi connectivity index (χ0) is 13.8. The highest BCUT2D eigenvalue weighted by molar-refractivity contribution is 5.17. The van der Waals surface area contributed by atoms with Crippen molar-refractivity contribution in [1.29, 1.82) is 0 Å². The summed E-state index contributed by atoms with van der Waals surface area (Å²) in [6, 6.07) is 4.24. The van der Waals surface area contributed by atoms with Gasteiger partial charge in [0.15, 0.2) is 0 Å². The van der Waals surface area contributed by atoms with Crippen molar-refractivity contribution < 1.29 is 8.78 Å². The van der Waals surface area contributed by atoms with Crippen molar-refractivity contribution in [1.82, 2.24) is 10.2 Å². The van der Waals surface area contributed by atoms with Gasteiger partial charge in [-0.1, -0.05) is 13.8 Å². The van der Waals surface area contributed by atoms with Crippen LogP contribution in [0.25, 0.3) is 0 Å². The summed E-state index contributed by atoms with van der Waals surface area (Å²) in [4.78, 5) is 2.26. The summed E-state index contributed by atoms with van der Waals surface area (Å²) in [6.07, 6.45) is 1.13. The van der Waals surface area contributed by atoms with Crippen LogP contribution in [0.5, 0.6) is 0 Å². The summed E-state index contributed by atoms with van der Waals surface area (Å²) in [6.45, 7) is 7.84. The van der Waals surface area contributed by atoms with E-state index in [0.29, 0.717) is 24.1 Å². The molecule has 1 N–H and O–H groups in total. The smallest absolute Gasteiger partial charge is 0.126 e. The Kier molecular flexibility index (Phi) is 4.88. The summed E-state index contributed by atoms with van der Waals surface area (Å²) in [7, 11) is 0. The Morgan fingerprint density at radius 1 is 1.26 bits per heavy atom. The maximum atomic E-state index is 13.2. The number of benzene rings is 1. The first kappa shape index (κ1) is 14.4. The molecule has 1 aliphatic rings. The van der Waals surface area contributed by atoms with E-state index < -0.39 is 11.6 Å². The van der Waals surface area contributed by atoms with Crippen LogP contribution in [-0.4, -0.2) is 30.6 Å². The molecule has 1 heterocycles. The summed E-state index contributed by atoms with van der Waals surface area (Å²) >= 11 is 0. The largest absolute Gasteiger partial charge is 0.311 e. The third-order valence-corrected chi connectivity index (χ3v) is 3.42. The van der Waals surface area contributed by atoms with Gasteiger partial charge in [-0.2, -0.15) is 0 Å². The van der Waals surface area contributed by atoms with Crippen molar-refractivity contribution in [3.05, 3.63) is 35.4 Å². The van der Waals surface area contributed by atoms with Gasteiger partial charge in [-0.15, -0.1) is 0 Å². The molecule has 106 valence electrons. The molecule has 0 aliphatic carbocycles. The van der Waals surface area contributed by atoms with Crippen molar-refractivity contribution in [2.75, 3.05) is 19.6 Å². The third-order valence-electron chi connectivity index (χ3n) is 3.42. The summed E-state index contributed by atoms with van der Waals surface area (Å²) in [5, 5.41) is 3.50. The molecule has 1 aromatic rings. The van der Waals surface area contributed by atoms with E-state index in [4.69, 9.17) is 0 Å². The first-order valence-corrected chi connectivity index (χ1v) is 6.93. The van der Waals surface area contributed by atoms with Crippen molar-refractivity contribution in [2.45, 2.75) is 32.9 Å². The number of rotatable bonds is 4. The first-order valence-electron chi connectivity index (χ1n) is 6.93. The topological polar surface area (TPSA) is 15.3 Å². The van der Waals surface area contributed by atoms with Crippen LogP contribution in [0.4, 0.5) is 8.78 Å². The quantitative estimate of drug-likeness (QED) is 0.903. The molecule has 0 spiro atoms. The number of nitrogens with one attached hydrogen (secondary N) is 1. The Morgan fingerprint density at radius 3 is 2.58 bits per heavy atom. The minimum Gasteiger partial charge on any atom is -0.311 e. The lowest BCUT2D eigenvalue weighted by Gasteiger charge is -2.34. The average Bonchev–Trinajstić information content (AvgIpc) is 2.26. The van der Waals surface area contributed by atoms with E-state index in [1.165, 1.54) is 12.1 Å². The molecule has 1 aliphatic heterocycles. The van der Waals surface area contributed by atoms with Gasteiger partial charge in [-0.25, -0.2) is 8.78 Å². The molecule has 0 bridgehead atoms. The van der Waals surface area contributed by atoms with Crippen LogP contribution in [0, 0.1) is 17.6 Å². The fourth-order valence-corrected chi connectivity index (χ4v) is 2.73. The van der Waals surface area contributed by atoms with Gasteiger partial charge in [-0.05, 0) is 30.0 Å². The summed E-state index contributed by atoms with van der Waals surface area (Å²) in [5.41, 5.74) is 0.711. The van der Waals surface area contributed by atoms with Gasteiger partial charge in [0.2, 0.25) is 0 Å². The molecule has 1 saturated heterocycles. The number of halogens is 2. The van der Waals surface area contributed by atoms with E-state index in [9.17, 15) is 8.78 Å². The number of nitrogens with zero attached hydrogens (tertiary/aromatic N) is 1. The number of hydrogen-bond acceptors (Lipinski definition) is 2. The molecule has 0 saturated carbocycles. The summed E-state index contributed by atoms with van der Waals surface area (Å²) in [5.74, 6) is -0.336. The number of piperazine rings is 1. The van der Waals surface area contributed by atoms with Crippen molar-refractivity contribution in [2.24, 2.45) is 5.92 Å². The molecule has 0 aromatic heterocycles. The summed E-state index contributed by atoms with van der Waals surface area (Å²) < 4.78 is 26.3. The second kappa shape index (κ2) is 6.44. The van der Waals surface area contributed by atoms with Crippen LogP contribution in [0.1, 0.15) is 25.8 Å². The van der Waals surface area contributed by atoms with E-state index in [1.807, 2.05) is 0 Å². The lowest BCUT2D eigenvalue weighted by molar-refractivity contribution is 0.179. The monoisotopic (exact) mass is 268 g/mol. The zero-order valence-electron chi connectivity index (χ0n) is 11.6. The van der Waals surface area contributed by atoms with E-state index in [2.05, 4.69) is 24.1 Å². The molecule has 19 heavy (non-hydrogen) atoms. The Balaban J connectivity index is 1.94. The van der Waals surface area contributed by atoms with E-state index in [-0.39, 0.29) is 0 Å². The van der Waals surface area contributed by atoms with Crippen LogP contribution in [0.2, 0.25) is 0 Å². The van der Waals surface area contributed by atoms with Crippen molar-refractivity contribution in [3.8, 4) is 0 Å². The molecule has 0 radical (unpaired) electrons. The Morgan fingerprint density at radius 2 is 1.95 bits per heavy atom. The molecule has 1 atom stereocenters. The van der Waals surface area contributed by atoms with Crippen LogP contribution >= 0.6 is 0 Å². The first-order chi connectivity index (χ1) is 9.02. The normalized spacial score (nSPS) is 21.0. The molecule has 1 aromatic carbocycles. The predicted molar refractivity (Wildman–Crippen MR) is 72.9 cm³/mol. The van der Waals surface area contributed by atoms with Crippen molar-refractivity contribution in [3.63, 3.8) is 0 Å². The van der Waals surface area contributed by atoms with Crippen LogP contribution in [0.15, 0.2) is 18.2 Å². The maximum Gasteiger partial charge on any atom is 0.126 e. The van der Waals surface area contributed by atoms with Gasteiger partial charge in [0.25, 0.3) is 0 Å². The Hall–Kier alpha value is -1.00. The van der Waals surface area contributed by atoms with E-state index in [1.54, 1.807) is 0 Å². The molecule has 1 fully saturated rings. The van der Waals surface area contributed by atoms with E-state index in [0.717, 1.165) is 32.1 Å². The fraction of sp³-hybridized carbons (Fsp3) is 0.600. The SMILES string of the molecule is CC(C)CC1CN(Cc2cc(F)cc(F)c2)CCN1. The highest BCUT2D eigenvalue weighted by atomic mass is 19.1. The van der Waals surface area contributed by atoms with Gasteiger partial charge in [-0.3, -0.25) is 4.90 Å². The fourth-order valence-electron chi connectivity index (χ4n) is 2.73. The van der Waals surface area contributed by atoms with Gasteiger partial charge in [0.05, 0.1) is 0 Å². The zero-order valence-corrected chi connectivity index (χ0v) is 11.6. The van der Waals surface area contributed by atoms with Gasteiger partial charge < -0.3 is 5.32 Å². The highest BCUT2D eigenvalue weighted by Gasteiger charge is 2.20. The number of hydrogen-bond donors (Lipinski definition) is 1. The third kappa shape index (κ3) is 4.55. The Labute approximate surface area is 113 Å². The second-order valence-electron chi connectivity index (χ2n) is 5.79. The molecule has 0 amide bonds. The maximum absolute atomic E-state index is 13.2. The average molecular weight is 268 g/mol. The van der Waals surface area contributed by atoms with Crippen LogP contribution in [0.3, 0.4) is 0 Å². The van der Waals surface area contributed by atoms with Crippen LogP contribution < -0.4 is 5.32 Å². The lowest BCUT2D eigenvalue weighted by atomic mass is 10.0. The van der Waals surface area contributed by atoms with Gasteiger partial charge in [0.1, 0.15) is 11.6 Å². The van der Waals surface area contributed by atoms with E-state index >= 15 is 0 Å². The minimum atomic E-state index is -0.496. The van der Waals surface area contributed by atoms with Crippen LogP contribution in [-0.2, 0) is 6.54 Å². The molecule has 2 rings (SSSR count). The molecule has 4 heteroatoms. The molecule has 1 unspecified atom stereocenters.